The number of rotatable bonds is 6. The zero-order chi connectivity index (χ0) is 22.4. The van der Waals surface area contributed by atoms with E-state index in [1.165, 1.54) is 36.4 Å². The van der Waals surface area contributed by atoms with Crippen LogP contribution in [0.5, 0.6) is 0 Å². The van der Waals surface area contributed by atoms with Crippen molar-refractivity contribution in [3.8, 4) is 11.3 Å². The third-order valence-electron chi connectivity index (χ3n) is 3.93. The maximum absolute atomic E-state index is 12.1. The Balaban J connectivity index is 1.49. The van der Waals surface area contributed by atoms with Gasteiger partial charge in [-0.05, 0) is 48.5 Å². The summed E-state index contributed by atoms with van der Waals surface area (Å²) < 4.78 is 11.0. The Bertz CT molecular complexity index is 1120. The number of nitrogens with zero attached hydrogens (tertiary/aromatic N) is 1. The second-order valence-corrected chi connectivity index (χ2v) is 6.97. The van der Waals surface area contributed by atoms with Crippen LogP contribution in [0.2, 0.25) is 0 Å². The maximum atomic E-state index is 12.1. The third kappa shape index (κ3) is 5.76. The average Bonchev–Trinajstić information content (AvgIpc) is 3.26. The van der Waals surface area contributed by atoms with Crippen LogP contribution in [0.3, 0.4) is 0 Å². The Hall–Kier alpha value is -3.99. The Labute approximate surface area is 183 Å². The molecular weight excluding hydrogens is 474 g/mol. The zero-order valence-electron chi connectivity index (χ0n) is 15.7. The molecule has 3 rings (SSSR count). The average molecular weight is 488 g/mol. The van der Waals surface area contributed by atoms with Crippen molar-refractivity contribution in [3.05, 3.63) is 86.6 Å². The van der Waals surface area contributed by atoms with Gasteiger partial charge in [-0.25, -0.2) is 4.79 Å². The van der Waals surface area contributed by atoms with E-state index in [1.807, 2.05) is 0 Å². The van der Waals surface area contributed by atoms with Gasteiger partial charge >= 0.3 is 5.97 Å². The number of ether oxygens (including phenoxy) is 1. The normalized spacial score (nSPS) is 10.2. The van der Waals surface area contributed by atoms with Crippen LogP contribution in [-0.2, 0) is 9.53 Å². The van der Waals surface area contributed by atoms with Gasteiger partial charge in [-0.15, -0.1) is 0 Å². The monoisotopic (exact) mass is 487 g/mol. The number of furan rings is 1. The highest BCUT2D eigenvalue weighted by atomic mass is 79.9. The molecule has 2 amide bonds. The smallest absolute Gasteiger partial charge is 0.374 e. The molecule has 2 N–H and O–H groups in total. The summed E-state index contributed by atoms with van der Waals surface area (Å²) in [7, 11) is 0. The van der Waals surface area contributed by atoms with Gasteiger partial charge in [0.25, 0.3) is 17.5 Å². The van der Waals surface area contributed by atoms with Crippen molar-refractivity contribution >= 4 is 39.4 Å². The SMILES string of the molecule is O=C(COC(=O)c1ccc(-c2ccc([N+](=O)[O-])cc2)o1)NNC(=O)c1ccc(Br)cc1. The Morgan fingerprint density at radius 1 is 0.968 bits per heavy atom. The standard InChI is InChI=1S/C20H14BrN3O7/c21-14-5-1-13(2-6-14)19(26)23-22-18(25)11-30-20(27)17-10-9-16(31-17)12-3-7-15(8-4-12)24(28)29/h1-10H,11H2,(H,22,25)(H,23,26). The molecule has 0 aliphatic heterocycles. The van der Waals surface area contributed by atoms with Crippen molar-refractivity contribution in [2.24, 2.45) is 0 Å². The minimum Gasteiger partial charge on any atom is -0.450 e. The van der Waals surface area contributed by atoms with E-state index in [4.69, 9.17) is 9.15 Å². The molecule has 0 bridgehead atoms. The molecule has 3 aromatic rings. The van der Waals surface area contributed by atoms with Crippen molar-refractivity contribution < 1.29 is 28.5 Å². The fourth-order valence-corrected chi connectivity index (χ4v) is 2.65. The van der Waals surface area contributed by atoms with E-state index >= 15 is 0 Å². The zero-order valence-corrected chi connectivity index (χ0v) is 17.2. The summed E-state index contributed by atoms with van der Waals surface area (Å²) in [5.74, 6) is -2.03. The summed E-state index contributed by atoms with van der Waals surface area (Å²) in [6.07, 6.45) is 0. The van der Waals surface area contributed by atoms with Crippen LogP contribution in [0.25, 0.3) is 11.3 Å². The molecule has 11 heteroatoms. The van der Waals surface area contributed by atoms with Crippen molar-refractivity contribution in [1.29, 1.82) is 0 Å². The highest BCUT2D eigenvalue weighted by Crippen LogP contribution is 2.24. The van der Waals surface area contributed by atoms with E-state index in [1.54, 1.807) is 24.3 Å². The van der Waals surface area contributed by atoms with Crippen molar-refractivity contribution in [2.45, 2.75) is 0 Å². The quantitative estimate of drug-likeness (QED) is 0.308. The molecule has 0 radical (unpaired) electrons. The van der Waals surface area contributed by atoms with Crippen LogP contribution >= 0.6 is 15.9 Å². The Morgan fingerprint density at radius 2 is 1.65 bits per heavy atom. The van der Waals surface area contributed by atoms with Gasteiger partial charge < -0.3 is 9.15 Å². The summed E-state index contributed by atoms with van der Waals surface area (Å²) in [5.41, 5.74) is 5.12. The van der Waals surface area contributed by atoms with Gasteiger partial charge in [0, 0.05) is 27.7 Å². The largest absolute Gasteiger partial charge is 0.450 e. The minimum atomic E-state index is -0.887. The van der Waals surface area contributed by atoms with Crippen LogP contribution in [0, 0.1) is 10.1 Å². The molecule has 0 unspecified atom stereocenters. The molecule has 158 valence electrons. The van der Waals surface area contributed by atoms with Crippen molar-refractivity contribution in [3.63, 3.8) is 0 Å². The van der Waals surface area contributed by atoms with Crippen molar-refractivity contribution in [1.82, 2.24) is 10.9 Å². The van der Waals surface area contributed by atoms with Crippen molar-refractivity contribution in [2.75, 3.05) is 6.61 Å². The lowest BCUT2D eigenvalue weighted by Gasteiger charge is -2.07. The highest BCUT2D eigenvalue weighted by molar-refractivity contribution is 9.10. The maximum Gasteiger partial charge on any atom is 0.374 e. The number of nitro groups is 1. The molecule has 0 aliphatic carbocycles. The number of carbonyl (C=O) groups is 3. The number of benzene rings is 2. The number of carbonyl (C=O) groups excluding carboxylic acids is 3. The fourth-order valence-electron chi connectivity index (χ4n) is 2.39. The lowest BCUT2D eigenvalue weighted by molar-refractivity contribution is -0.384. The molecule has 0 spiro atoms. The summed E-state index contributed by atoms with van der Waals surface area (Å²) in [4.78, 5) is 45.9. The van der Waals surface area contributed by atoms with Gasteiger partial charge in [0.15, 0.2) is 6.61 Å². The van der Waals surface area contributed by atoms with Gasteiger partial charge in [-0.3, -0.25) is 30.6 Å². The first-order valence-electron chi connectivity index (χ1n) is 8.70. The van der Waals surface area contributed by atoms with Crippen LogP contribution < -0.4 is 10.9 Å². The number of hydrazine groups is 1. The molecule has 1 heterocycles. The van der Waals surface area contributed by atoms with Gasteiger partial charge in [0.1, 0.15) is 5.76 Å². The second kappa shape index (κ2) is 9.67. The number of nitrogens with one attached hydrogen (secondary N) is 2. The summed E-state index contributed by atoms with van der Waals surface area (Å²) in [6.45, 7) is -0.646. The summed E-state index contributed by atoms with van der Waals surface area (Å²) >= 11 is 3.25. The second-order valence-electron chi connectivity index (χ2n) is 6.05. The van der Waals surface area contributed by atoms with E-state index in [2.05, 4.69) is 26.8 Å². The molecule has 10 nitrogen and oxygen atoms in total. The van der Waals surface area contributed by atoms with Gasteiger partial charge in [-0.2, -0.15) is 0 Å². The molecule has 2 aromatic carbocycles. The van der Waals surface area contributed by atoms with E-state index in [0.717, 1.165) is 4.47 Å². The molecule has 31 heavy (non-hydrogen) atoms. The number of esters is 1. The van der Waals surface area contributed by atoms with E-state index < -0.39 is 29.3 Å². The first-order valence-corrected chi connectivity index (χ1v) is 9.49. The first-order chi connectivity index (χ1) is 14.8. The van der Waals surface area contributed by atoms with E-state index in [0.29, 0.717) is 16.9 Å². The lowest BCUT2D eigenvalue weighted by atomic mass is 10.1. The van der Waals surface area contributed by atoms with Crippen LogP contribution in [0.15, 0.2) is 69.6 Å². The number of nitro benzene ring substituents is 1. The molecule has 0 aliphatic rings. The van der Waals surface area contributed by atoms with Gasteiger partial charge in [0.2, 0.25) is 5.76 Å². The Morgan fingerprint density at radius 3 is 2.29 bits per heavy atom. The van der Waals surface area contributed by atoms with Crippen LogP contribution in [0.4, 0.5) is 5.69 Å². The lowest BCUT2D eigenvalue weighted by Crippen LogP contribution is -2.43. The van der Waals surface area contributed by atoms with Gasteiger partial charge in [-0.1, -0.05) is 15.9 Å². The van der Waals surface area contributed by atoms with E-state index in [9.17, 15) is 24.5 Å². The fraction of sp³-hybridized carbons (Fsp3) is 0.0500. The summed E-state index contributed by atoms with van der Waals surface area (Å²) in [5, 5.41) is 10.7. The predicted octanol–water partition coefficient (Wildman–Crippen LogP) is 3.24. The minimum absolute atomic E-state index is 0.0758. The highest BCUT2D eigenvalue weighted by Gasteiger charge is 2.16. The number of hydrogen-bond donors (Lipinski definition) is 2. The van der Waals surface area contributed by atoms with Crippen LogP contribution in [0.1, 0.15) is 20.9 Å². The van der Waals surface area contributed by atoms with Crippen LogP contribution in [-0.4, -0.2) is 29.3 Å². The van der Waals surface area contributed by atoms with E-state index in [-0.39, 0.29) is 11.4 Å². The molecule has 0 fully saturated rings. The molecule has 0 saturated carbocycles. The Kier molecular flexibility index (Phi) is 6.78. The first kappa shape index (κ1) is 21.7. The molecule has 1 aromatic heterocycles. The molecule has 0 atom stereocenters. The number of non-ortho nitro benzene ring substituents is 1. The number of halogens is 1. The van der Waals surface area contributed by atoms with Gasteiger partial charge in [0.05, 0.1) is 4.92 Å². The molecule has 0 saturated heterocycles. The summed E-state index contributed by atoms with van der Waals surface area (Å²) in [6, 6.07) is 14.9. The number of hydrogen-bond acceptors (Lipinski definition) is 7. The third-order valence-corrected chi connectivity index (χ3v) is 4.45. The topological polar surface area (TPSA) is 141 Å². The predicted molar refractivity (Wildman–Crippen MR) is 111 cm³/mol. The molecular formula is C20H14BrN3O7. The number of amides is 2.